The van der Waals surface area contributed by atoms with Gasteiger partial charge in [-0.15, -0.1) is 33.7 Å². The van der Waals surface area contributed by atoms with E-state index in [1.807, 2.05) is 28.4 Å². The van der Waals surface area contributed by atoms with Crippen molar-refractivity contribution in [1.29, 1.82) is 0 Å². The molecule has 1 aliphatic carbocycles. The fraction of sp³-hybridized carbons (Fsp3) is 0.375. The van der Waals surface area contributed by atoms with E-state index in [2.05, 4.69) is 0 Å². The highest BCUT2D eigenvalue weighted by atomic mass is 127. The van der Waals surface area contributed by atoms with E-state index >= 15 is 0 Å². The molecule has 0 aromatic carbocycles. The predicted molar refractivity (Wildman–Crippen MR) is 63.3 cm³/mol. The molecule has 1 aliphatic rings. The Morgan fingerprint density at radius 1 is 1.69 bits per heavy atom. The first-order chi connectivity index (χ1) is 6.22. The van der Waals surface area contributed by atoms with Crippen LogP contribution in [-0.4, -0.2) is 16.1 Å². The van der Waals surface area contributed by atoms with E-state index < -0.39 is 4.77 Å². The van der Waals surface area contributed by atoms with Gasteiger partial charge < -0.3 is 5.02 Å². The molecule has 1 aromatic heterocycles. The molecular weight excluding hydrogens is 298 g/mol. The second-order valence-electron chi connectivity index (χ2n) is 3.20. The highest BCUT2D eigenvalue weighted by Crippen LogP contribution is 2.42. The van der Waals surface area contributed by atoms with Crippen LogP contribution in [0.25, 0.3) is 0 Å². The van der Waals surface area contributed by atoms with Gasteiger partial charge in [-0.1, -0.05) is 0 Å². The van der Waals surface area contributed by atoms with Crippen molar-refractivity contribution in [2.45, 2.75) is 18.8 Å². The number of aldehydes is 1. The molecule has 0 aliphatic heterocycles. The van der Waals surface area contributed by atoms with Crippen molar-refractivity contribution >= 4 is 50.2 Å². The quantitative estimate of drug-likeness (QED) is 0.523. The van der Waals surface area contributed by atoms with Crippen LogP contribution in [0.15, 0.2) is 6.07 Å². The Kier molecular flexibility index (Phi) is 2.76. The van der Waals surface area contributed by atoms with Crippen molar-refractivity contribution in [3.63, 3.8) is 0 Å². The summed E-state index contributed by atoms with van der Waals surface area (Å²) in [4.78, 5) is 12.6. The van der Waals surface area contributed by atoms with Crippen molar-refractivity contribution in [3.05, 3.63) is 15.8 Å². The summed E-state index contributed by atoms with van der Waals surface area (Å²) in [6, 6.07) is 1.98. The van der Waals surface area contributed by atoms with Gasteiger partial charge in [0.05, 0.1) is 4.88 Å². The van der Waals surface area contributed by atoms with Crippen LogP contribution >= 0.6 is 33.7 Å². The Morgan fingerprint density at radius 2 is 2.38 bits per heavy atom. The Balaban J connectivity index is 2.35. The smallest absolute Gasteiger partial charge is 0.399 e. The average Bonchev–Trinajstić information content (AvgIpc) is 2.84. The number of thiophene rings is 1. The minimum Gasteiger partial charge on any atom is -0.438 e. The summed E-state index contributed by atoms with van der Waals surface area (Å²) in [5.74, 6) is 0.660. The average molecular weight is 306 g/mol. The molecule has 5 heteroatoms. The molecule has 0 saturated heterocycles. The lowest BCUT2D eigenvalue weighted by Crippen LogP contribution is -2.24. The third kappa shape index (κ3) is 1.97. The third-order valence-electron chi connectivity index (χ3n) is 2.15. The summed E-state index contributed by atoms with van der Waals surface area (Å²) < 4.78 is -0.554. The summed E-state index contributed by atoms with van der Waals surface area (Å²) in [6.07, 6.45) is 3.30. The maximum atomic E-state index is 10.7. The van der Waals surface area contributed by atoms with Gasteiger partial charge in [0.2, 0.25) is 0 Å². The number of hydrogen-bond donors (Lipinski definition) is 1. The first-order valence-electron chi connectivity index (χ1n) is 4.13. The van der Waals surface area contributed by atoms with E-state index in [0.717, 1.165) is 11.7 Å². The molecular formula is C8H8BIO2S. The largest absolute Gasteiger partial charge is 0.438 e. The van der Waals surface area contributed by atoms with Gasteiger partial charge in [0.25, 0.3) is 0 Å². The zero-order valence-corrected chi connectivity index (χ0v) is 9.84. The van der Waals surface area contributed by atoms with Gasteiger partial charge in [0.1, 0.15) is 0 Å². The molecule has 0 atom stereocenters. The summed E-state index contributed by atoms with van der Waals surface area (Å²) in [5, 5.41) is 9.39. The molecule has 0 unspecified atom stereocenters. The monoisotopic (exact) mass is 306 g/mol. The third-order valence-corrected chi connectivity index (χ3v) is 4.06. The predicted octanol–water partition coefficient (Wildman–Crippen LogP) is 1.56. The second-order valence-corrected chi connectivity index (χ2v) is 5.49. The Hall–Kier alpha value is 0.125. The van der Waals surface area contributed by atoms with Crippen LogP contribution < -0.4 is 5.46 Å². The normalized spacial score (nSPS) is 15.8. The topological polar surface area (TPSA) is 37.3 Å². The van der Waals surface area contributed by atoms with E-state index in [0.29, 0.717) is 10.8 Å². The molecule has 2 nitrogen and oxygen atoms in total. The lowest BCUT2D eigenvalue weighted by Gasteiger charge is -1.92. The van der Waals surface area contributed by atoms with E-state index in [1.165, 1.54) is 29.1 Å². The van der Waals surface area contributed by atoms with Crippen LogP contribution in [0, 0.1) is 0 Å². The summed E-state index contributed by atoms with van der Waals surface area (Å²) in [5.41, 5.74) is 0.780. The van der Waals surface area contributed by atoms with Crippen LogP contribution in [0.5, 0.6) is 0 Å². The van der Waals surface area contributed by atoms with Gasteiger partial charge in [-0.05, 0) is 30.3 Å². The highest BCUT2D eigenvalue weighted by Gasteiger charge is 2.28. The number of halogens is 1. The van der Waals surface area contributed by atoms with Gasteiger partial charge in [-0.2, -0.15) is 0 Å². The van der Waals surface area contributed by atoms with Gasteiger partial charge in [-0.25, -0.2) is 0 Å². The second kappa shape index (κ2) is 3.71. The Bertz CT molecular complexity index is 333. The number of carbonyl (C=O) groups is 1. The van der Waals surface area contributed by atoms with E-state index in [1.54, 1.807) is 0 Å². The summed E-state index contributed by atoms with van der Waals surface area (Å²) in [7, 11) is 0. The summed E-state index contributed by atoms with van der Waals surface area (Å²) in [6.45, 7) is 0. The fourth-order valence-corrected chi connectivity index (χ4v) is 3.19. The van der Waals surface area contributed by atoms with Crippen LogP contribution in [0.3, 0.4) is 0 Å². The van der Waals surface area contributed by atoms with Crippen LogP contribution in [0.2, 0.25) is 0 Å². The van der Waals surface area contributed by atoms with E-state index in [4.69, 9.17) is 0 Å². The van der Waals surface area contributed by atoms with Crippen LogP contribution in [0.4, 0.5) is 0 Å². The maximum Gasteiger partial charge on any atom is 0.399 e. The minimum absolute atomic E-state index is 0.554. The Labute approximate surface area is 94.3 Å². The first kappa shape index (κ1) is 9.67. The van der Waals surface area contributed by atoms with Crippen molar-refractivity contribution in [3.8, 4) is 0 Å². The molecule has 13 heavy (non-hydrogen) atoms. The first-order valence-corrected chi connectivity index (χ1v) is 6.19. The van der Waals surface area contributed by atoms with Crippen molar-refractivity contribution in [2.75, 3.05) is 0 Å². The van der Waals surface area contributed by atoms with Crippen molar-refractivity contribution in [2.24, 2.45) is 0 Å². The molecule has 0 amide bonds. The number of rotatable bonds is 3. The zero-order valence-electron chi connectivity index (χ0n) is 6.87. The van der Waals surface area contributed by atoms with Crippen LogP contribution in [-0.2, 0) is 0 Å². The molecule has 1 aromatic rings. The molecule has 0 spiro atoms. The highest BCUT2D eigenvalue weighted by molar-refractivity contribution is 14.1. The molecule has 68 valence electrons. The molecule has 2 rings (SSSR count). The summed E-state index contributed by atoms with van der Waals surface area (Å²) >= 11 is 3.44. The van der Waals surface area contributed by atoms with E-state index in [9.17, 15) is 9.82 Å². The number of hydrogen-bond acceptors (Lipinski definition) is 3. The lowest BCUT2D eigenvalue weighted by atomic mass is 9.88. The fourth-order valence-electron chi connectivity index (χ4n) is 1.29. The molecule has 0 bridgehead atoms. The standard InChI is InChI=1S/C8H8BIO2S/c10-9(12)6-3-7(5-1-2-5)13-8(6)4-11/h3-5,12H,1-2H2. The minimum atomic E-state index is -0.554. The van der Waals surface area contributed by atoms with Crippen molar-refractivity contribution in [1.82, 2.24) is 0 Å². The molecule has 1 fully saturated rings. The van der Waals surface area contributed by atoms with E-state index in [-0.39, 0.29) is 0 Å². The molecule has 1 saturated carbocycles. The van der Waals surface area contributed by atoms with Crippen molar-refractivity contribution < 1.29 is 9.82 Å². The van der Waals surface area contributed by atoms with Gasteiger partial charge in [-0.3, -0.25) is 4.79 Å². The van der Waals surface area contributed by atoms with Crippen LogP contribution in [0.1, 0.15) is 33.3 Å². The van der Waals surface area contributed by atoms with Gasteiger partial charge >= 0.3 is 4.77 Å². The lowest BCUT2D eigenvalue weighted by molar-refractivity contribution is 0.112. The Morgan fingerprint density at radius 3 is 2.77 bits per heavy atom. The maximum absolute atomic E-state index is 10.7. The molecule has 1 heterocycles. The molecule has 1 N–H and O–H groups in total. The zero-order chi connectivity index (χ0) is 9.42. The molecule has 0 radical (unpaired) electrons. The van der Waals surface area contributed by atoms with Gasteiger partial charge in [0.15, 0.2) is 6.29 Å². The number of carbonyl (C=O) groups excluding carboxylic acids is 1. The SMILES string of the molecule is O=Cc1sc(C2CC2)cc1B(O)I. The van der Waals surface area contributed by atoms with Gasteiger partial charge in [0, 0.05) is 4.88 Å².